The van der Waals surface area contributed by atoms with Crippen LogP contribution in [0, 0.1) is 12.3 Å². The van der Waals surface area contributed by atoms with Crippen LogP contribution in [0.2, 0.25) is 0 Å². The summed E-state index contributed by atoms with van der Waals surface area (Å²) in [5.41, 5.74) is 0.198. The van der Waals surface area contributed by atoms with Crippen LogP contribution in [0.4, 0.5) is 0 Å². The molecule has 2 nitrogen and oxygen atoms in total. The van der Waals surface area contributed by atoms with E-state index in [1.807, 2.05) is 13.8 Å². The summed E-state index contributed by atoms with van der Waals surface area (Å²) in [6.45, 7) is 15.3. The summed E-state index contributed by atoms with van der Waals surface area (Å²) >= 11 is 0. The van der Waals surface area contributed by atoms with Gasteiger partial charge in [0.1, 0.15) is 0 Å². The Morgan fingerprint density at radius 3 is 1.50 bits per heavy atom. The molecule has 14 heavy (non-hydrogen) atoms. The van der Waals surface area contributed by atoms with Crippen molar-refractivity contribution in [2.75, 3.05) is 33.7 Å². The van der Waals surface area contributed by atoms with Crippen molar-refractivity contribution in [3.05, 3.63) is 12.2 Å². The van der Waals surface area contributed by atoms with Gasteiger partial charge >= 0.3 is 0 Å². The number of hydrogen-bond donors (Lipinski definition) is 0. The SMILES string of the molecule is CC[N-]CC.[CH2-]C(C)(C)CN(C)C.[Zn]. The van der Waals surface area contributed by atoms with Crippen molar-refractivity contribution in [3.63, 3.8) is 0 Å². The molecule has 0 heterocycles. The molecule has 0 bridgehead atoms. The molecule has 0 fully saturated rings. The minimum atomic E-state index is 0. The molecule has 0 atom stereocenters. The molecule has 0 saturated carbocycles. The summed E-state index contributed by atoms with van der Waals surface area (Å²) in [4.78, 5) is 2.15. The second kappa shape index (κ2) is 11.6. The maximum absolute atomic E-state index is 3.97. The molecule has 0 aromatic carbocycles. The summed E-state index contributed by atoms with van der Waals surface area (Å²) in [5.74, 6) is 0. The van der Waals surface area contributed by atoms with Crippen molar-refractivity contribution in [1.29, 1.82) is 0 Å². The summed E-state index contributed by atoms with van der Waals surface area (Å²) < 4.78 is 0. The van der Waals surface area contributed by atoms with Gasteiger partial charge in [-0.15, -0.1) is 0 Å². The van der Waals surface area contributed by atoms with E-state index < -0.39 is 0 Å². The Morgan fingerprint density at radius 1 is 1.14 bits per heavy atom. The van der Waals surface area contributed by atoms with Crippen molar-refractivity contribution >= 4 is 0 Å². The molecular formula is C11H26N2Zn-2. The molecule has 0 amide bonds. The van der Waals surface area contributed by atoms with E-state index in [4.69, 9.17) is 0 Å². The third kappa shape index (κ3) is 29.4. The quantitative estimate of drug-likeness (QED) is 0.555. The molecule has 0 saturated heterocycles. The van der Waals surface area contributed by atoms with Crippen LogP contribution in [0.15, 0.2) is 0 Å². The third-order valence-corrected chi connectivity index (χ3v) is 1.19. The second-order valence-corrected chi connectivity index (χ2v) is 4.26. The fourth-order valence-corrected chi connectivity index (χ4v) is 1.08. The van der Waals surface area contributed by atoms with Crippen LogP contribution in [0.5, 0.6) is 0 Å². The van der Waals surface area contributed by atoms with Gasteiger partial charge in [-0.1, -0.05) is 27.7 Å². The van der Waals surface area contributed by atoms with Crippen molar-refractivity contribution in [3.8, 4) is 0 Å². The molecule has 0 aliphatic rings. The fraction of sp³-hybridized carbons (Fsp3) is 0.909. The van der Waals surface area contributed by atoms with Crippen LogP contribution in [0.25, 0.3) is 5.32 Å². The van der Waals surface area contributed by atoms with Gasteiger partial charge in [-0.3, -0.25) is 0 Å². The van der Waals surface area contributed by atoms with Gasteiger partial charge < -0.3 is 17.1 Å². The molecule has 0 aromatic rings. The minimum Gasteiger partial charge on any atom is -0.663 e. The van der Waals surface area contributed by atoms with Gasteiger partial charge in [-0.25, -0.2) is 0 Å². The van der Waals surface area contributed by atoms with E-state index in [2.05, 4.69) is 45.1 Å². The molecule has 0 spiro atoms. The first-order valence-corrected chi connectivity index (χ1v) is 4.96. The van der Waals surface area contributed by atoms with Crippen molar-refractivity contribution in [2.24, 2.45) is 5.41 Å². The Hall–Kier alpha value is 0.543. The van der Waals surface area contributed by atoms with E-state index in [0.29, 0.717) is 0 Å². The van der Waals surface area contributed by atoms with Crippen LogP contribution < -0.4 is 0 Å². The normalized spacial score (nSPS) is 10.3. The van der Waals surface area contributed by atoms with E-state index in [0.717, 1.165) is 19.6 Å². The fourth-order valence-electron chi connectivity index (χ4n) is 1.08. The largest absolute Gasteiger partial charge is 0.663 e. The number of nitrogens with zero attached hydrogens (tertiary/aromatic N) is 2. The average Bonchev–Trinajstić information content (AvgIpc) is 1.84. The van der Waals surface area contributed by atoms with Gasteiger partial charge in [0.25, 0.3) is 0 Å². The summed E-state index contributed by atoms with van der Waals surface area (Å²) in [7, 11) is 4.12. The zero-order chi connectivity index (χ0) is 10.9. The van der Waals surface area contributed by atoms with Gasteiger partial charge in [0.15, 0.2) is 0 Å². The molecule has 0 aliphatic carbocycles. The second-order valence-electron chi connectivity index (χ2n) is 4.26. The standard InChI is InChI=1S/C7H16N.C4H10N.Zn/c1-7(2,3)6-8(4)5;1-3-5-4-2;/h1,6H2,2-5H3;3-4H2,1-2H3;/q2*-1;. The molecule has 0 aliphatic heterocycles. The average molecular weight is 252 g/mol. The van der Waals surface area contributed by atoms with Gasteiger partial charge in [0.2, 0.25) is 0 Å². The van der Waals surface area contributed by atoms with Crippen LogP contribution >= 0.6 is 0 Å². The first-order valence-electron chi connectivity index (χ1n) is 4.96. The Bertz CT molecular complexity index is 96.0. The topological polar surface area (TPSA) is 17.3 Å². The first kappa shape index (κ1) is 20.0. The molecule has 0 unspecified atom stereocenters. The predicted octanol–water partition coefficient (Wildman–Crippen LogP) is 2.81. The smallest absolute Gasteiger partial charge is 0 e. The van der Waals surface area contributed by atoms with Gasteiger partial charge in [0.05, 0.1) is 0 Å². The first-order chi connectivity index (χ1) is 5.83. The molecule has 0 radical (unpaired) electrons. The van der Waals surface area contributed by atoms with Crippen LogP contribution in [0.1, 0.15) is 27.7 Å². The van der Waals surface area contributed by atoms with E-state index >= 15 is 0 Å². The molecular weight excluding hydrogens is 226 g/mol. The third-order valence-electron chi connectivity index (χ3n) is 1.19. The van der Waals surface area contributed by atoms with Crippen LogP contribution in [-0.2, 0) is 19.5 Å². The van der Waals surface area contributed by atoms with Gasteiger partial charge in [0, 0.05) is 19.5 Å². The Morgan fingerprint density at radius 2 is 1.50 bits per heavy atom. The summed E-state index contributed by atoms with van der Waals surface area (Å²) in [6, 6.07) is 0. The van der Waals surface area contributed by atoms with Crippen molar-refractivity contribution in [2.45, 2.75) is 27.7 Å². The van der Waals surface area contributed by atoms with Crippen LogP contribution in [0.3, 0.4) is 0 Å². The molecule has 0 N–H and O–H groups in total. The molecule has 3 heteroatoms. The predicted molar refractivity (Wildman–Crippen MR) is 62.1 cm³/mol. The summed E-state index contributed by atoms with van der Waals surface area (Å²) in [5, 5.41) is 3.97. The van der Waals surface area contributed by atoms with Gasteiger partial charge in [-0.2, -0.15) is 18.5 Å². The van der Waals surface area contributed by atoms with E-state index in [1.165, 1.54) is 0 Å². The van der Waals surface area contributed by atoms with E-state index in [9.17, 15) is 0 Å². The molecule has 0 aromatic heterocycles. The Labute approximate surface area is 104 Å². The van der Waals surface area contributed by atoms with Crippen molar-refractivity contribution < 1.29 is 19.5 Å². The maximum Gasteiger partial charge on any atom is 0 e. The zero-order valence-corrected chi connectivity index (χ0v) is 13.9. The van der Waals surface area contributed by atoms with E-state index in [-0.39, 0.29) is 24.9 Å². The Balaban J connectivity index is -0.000000177. The Kier molecular flexibility index (Phi) is 16.6. The maximum atomic E-state index is 3.97. The summed E-state index contributed by atoms with van der Waals surface area (Å²) in [6.07, 6.45) is 0. The van der Waals surface area contributed by atoms with Crippen molar-refractivity contribution in [1.82, 2.24) is 4.90 Å². The number of hydrogen-bond acceptors (Lipinski definition) is 1. The monoisotopic (exact) mass is 250 g/mol. The van der Waals surface area contributed by atoms with Crippen LogP contribution in [-0.4, -0.2) is 38.6 Å². The molecule has 84 valence electrons. The van der Waals surface area contributed by atoms with Gasteiger partial charge in [-0.05, 0) is 20.6 Å². The number of rotatable bonds is 4. The molecule has 0 rings (SSSR count). The van der Waals surface area contributed by atoms with E-state index in [1.54, 1.807) is 0 Å². The minimum absolute atomic E-state index is 0. The zero-order valence-electron chi connectivity index (χ0n) is 10.9.